The Morgan fingerprint density at radius 3 is 2.74 bits per heavy atom. The molecule has 0 aliphatic rings. The normalized spacial score (nSPS) is 13.7. The number of benzene rings is 1. The summed E-state index contributed by atoms with van der Waals surface area (Å²) in [7, 11) is 1.39. The van der Waals surface area contributed by atoms with Crippen molar-refractivity contribution >= 4 is 26.7 Å². The zero-order valence-electron chi connectivity index (χ0n) is 9.86. The summed E-state index contributed by atoms with van der Waals surface area (Å²) < 4.78 is 42.6. The maximum Gasteiger partial charge on any atom is 0.391 e. The fourth-order valence-electron chi connectivity index (χ4n) is 1.75. The molecule has 2 aromatic rings. The molecule has 104 valence electrons. The third-order valence-electron chi connectivity index (χ3n) is 2.53. The lowest BCUT2D eigenvalue weighted by Crippen LogP contribution is -2.14. The highest BCUT2D eigenvalue weighted by Crippen LogP contribution is 2.37. The number of fused-ring (bicyclic) bond motifs is 1. The van der Waals surface area contributed by atoms with Gasteiger partial charge in [0.25, 0.3) is 0 Å². The lowest BCUT2D eigenvalue weighted by Gasteiger charge is -2.14. The van der Waals surface area contributed by atoms with Crippen LogP contribution in [0.3, 0.4) is 0 Å². The Balaban J connectivity index is 2.50. The molecule has 1 aromatic heterocycles. The van der Waals surface area contributed by atoms with Crippen LogP contribution in [0.15, 0.2) is 12.1 Å². The smallest absolute Gasteiger partial charge is 0.391 e. The van der Waals surface area contributed by atoms with Crippen molar-refractivity contribution in [3.63, 3.8) is 0 Å². The Bertz CT molecular complexity index is 597. The number of nitrogens with two attached hydrogens (primary N) is 1. The lowest BCUT2D eigenvalue weighted by atomic mass is 10.0. The number of aliphatic hydroxyl groups is 1. The number of alkyl halides is 3. The zero-order chi connectivity index (χ0) is 14.2. The Hall–Kier alpha value is -1.54. The van der Waals surface area contributed by atoms with Crippen LogP contribution in [0.4, 0.5) is 18.3 Å². The maximum absolute atomic E-state index is 12.3. The highest BCUT2D eigenvalue weighted by atomic mass is 32.1. The molecule has 0 radical (unpaired) electrons. The Morgan fingerprint density at radius 1 is 1.47 bits per heavy atom. The minimum absolute atomic E-state index is 0.0691. The number of halogens is 3. The number of rotatable bonds is 3. The van der Waals surface area contributed by atoms with E-state index in [9.17, 15) is 18.3 Å². The third-order valence-corrected chi connectivity index (χ3v) is 3.37. The molecule has 0 saturated heterocycles. The number of hydrogen-bond acceptors (Lipinski definition) is 5. The van der Waals surface area contributed by atoms with Gasteiger partial charge >= 0.3 is 6.18 Å². The largest absolute Gasteiger partial charge is 0.497 e. The molecule has 0 amide bonds. The second kappa shape index (κ2) is 4.86. The lowest BCUT2D eigenvalue weighted by molar-refractivity contribution is -0.154. The van der Waals surface area contributed by atoms with Gasteiger partial charge in [-0.1, -0.05) is 11.3 Å². The fourth-order valence-corrected chi connectivity index (χ4v) is 2.54. The predicted molar refractivity (Wildman–Crippen MR) is 66.2 cm³/mol. The molecule has 19 heavy (non-hydrogen) atoms. The number of anilines is 1. The molecule has 1 unspecified atom stereocenters. The first kappa shape index (κ1) is 13.9. The number of ether oxygens (including phenoxy) is 1. The van der Waals surface area contributed by atoms with Crippen molar-refractivity contribution in [2.45, 2.75) is 18.7 Å². The van der Waals surface area contributed by atoms with E-state index in [0.29, 0.717) is 10.4 Å². The highest BCUT2D eigenvalue weighted by Gasteiger charge is 2.33. The fraction of sp³-hybridized carbons (Fsp3) is 0.364. The molecule has 2 rings (SSSR count). The Kier molecular flexibility index (Phi) is 3.55. The molecule has 8 heteroatoms. The van der Waals surface area contributed by atoms with Gasteiger partial charge in [-0.25, -0.2) is 4.98 Å². The number of aliphatic hydroxyl groups excluding tert-OH is 1. The van der Waals surface area contributed by atoms with Crippen molar-refractivity contribution < 1.29 is 23.0 Å². The summed E-state index contributed by atoms with van der Waals surface area (Å²) in [6, 6.07) is 2.96. The molecule has 1 heterocycles. The van der Waals surface area contributed by atoms with Crippen LogP contribution in [-0.2, 0) is 0 Å². The van der Waals surface area contributed by atoms with Gasteiger partial charge in [0, 0.05) is 5.56 Å². The first-order valence-electron chi connectivity index (χ1n) is 5.29. The van der Waals surface area contributed by atoms with Crippen LogP contribution >= 0.6 is 11.3 Å². The van der Waals surface area contributed by atoms with Gasteiger partial charge in [0.15, 0.2) is 5.13 Å². The van der Waals surface area contributed by atoms with Crippen molar-refractivity contribution in [3.8, 4) is 5.75 Å². The van der Waals surface area contributed by atoms with Crippen molar-refractivity contribution in [3.05, 3.63) is 17.7 Å². The number of nitrogens with zero attached hydrogens (tertiary/aromatic N) is 1. The average molecular weight is 292 g/mol. The van der Waals surface area contributed by atoms with Gasteiger partial charge in [0.2, 0.25) is 0 Å². The van der Waals surface area contributed by atoms with Crippen LogP contribution in [0.1, 0.15) is 18.1 Å². The summed E-state index contributed by atoms with van der Waals surface area (Å²) in [5.74, 6) is 0.354. The molecule has 0 aliphatic heterocycles. The molecule has 0 saturated carbocycles. The van der Waals surface area contributed by atoms with Gasteiger partial charge in [-0.15, -0.1) is 0 Å². The first-order valence-corrected chi connectivity index (χ1v) is 6.10. The average Bonchev–Trinajstić information content (AvgIpc) is 2.65. The van der Waals surface area contributed by atoms with Gasteiger partial charge in [0.1, 0.15) is 5.75 Å². The minimum atomic E-state index is -4.46. The number of aromatic nitrogens is 1. The van der Waals surface area contributed by atoms with Crippen LogP contribution in [0.5, 0.6) is 5.75 Å². The Morgan fingerprint density at radius 2 is 2.16 bits per heavy atom. The summed E-state index contributed by atoms with van der Waals surface area (Å²) in [6.07, 6.45) is -7.50. The molecule has 1 aromatic carbocycles. The maximum atomic E-state index is 12.3. The van der Waals surface area contributed by atoms with Gasteiger partial charge in [-0.05, 0) is 12.1 Å². The minimum Gasteiger partial charge on any atom is -0.497 e. The highest BCUT2D eigenvalue weighted by molar-refractivity contribution is 7.22. The molecule has 0 aliphatic carbocycles. The van der Waals surface area contributed by atoms with Crippen molar-refractivity contribution in [2.75, 3.05) is 12.8 Å². The van der Waals surface area contributed by atoms with Gasteiger partial charge in [-0.3, -0.25) is 0 Å². The van der Waals surface area contributed by atoms with Crippen LogP contribution in [-0.4, -0.2) is 23.4 Å². The van der Waals surface area contributed by atoms with E-state index in [1.807, 2.05) is 0 Å². The zero-order valence-corrected chi connectivity index (χ0v) is 10.7. The van der Waals surface area contributed by atoms with Crippen LogP contribution in [0.25, 0.3) is 10.2 Å². The van der Waals surface area contributed by atoms with E-state index in [1.165, 1.54) is 13.2 Å². The van der Waals surface area contributed by atoms with Gasteiger partial charge < -0.3 is 15.6 Å². The number of nitrogen functional groups attached to an aromatic ring is 1. The topological polar surface area (TPSA) is 68.4 Å². The van der Waals surface area contributed by atoms with Crippen LogP contribution in [0, 0.1) is 0 Å². The molecular weight excluding hydrogens is 281 g/mol. The molecule has 3 N–H and O–H groups in total. The number of hydrogen-bond donors (Lipinski definition) is 2. The molecular formula is C11H11F3N2O2S. The van der Waals surface area contributed by atoms with Crippen molar-refractivity contribution in [2.24, 2.45) is 0 Å². The van der Waals surface area contributed by atoms with E-state index in [2.05, 4.69) is 4.98 Å². The van der Waals surface area contributed by atoms with Crippen LogP contribution in [0.2, 0.25) is 0 Å². The molecule has 0 fully saturated rings. The summed E-state index contributed by atoms with van der Waals surface area (Å²) >= 11 is 1.13. The summed E-state index contributed by atoms with van der Waals surface area (Å²) in [4.78, 5) is 3.95. The van der Waals surface area contributed by atoms with E-state index in [0.717, 1.165) is 11.3 Å². The monoisotopic (exact) mass is 292 g/mol. The van der Waals surface area contributed by atoms with E-state index in [-0.39, 0.29) is 16.2 Å². The summed E-state index contributed by atoms with van der Waals surface area (Å²) in [5, 5.41) is 9.96. The molecule has 1 atom stereocenters. The number of thiazole rings is 1. The number of methoxy groups -OCH3 is 1. The van der Waals surface area contributed by atoms with Crippen LogP contribution < -0.4 is 10.5 Å². The third kappa shape index (κ3) is 3.07. The Labute approximate surface area is 110 Å². The summed E-state index contributed by atoms with van der Waals surface area (Å²) in [6.45, 7) is 0. The standard InChI is InChI=1S/C11H11F3N2O2S/c1-18-5-2-6(7(17)4-11(12,13)14)9-8(3-5)19-10(15)16-9/h2-3,7,17H,4H2,1H3,(H2,15,16). The van der Waals surface area contributed by atoms with E-state index in [1.54, 1.807) is 6.07 Å². The molecule has 4 nitrogen and oxygen atoms in total. The molecule has 0 spiro atoms. The first-order chi connectivity index (χ1) is 8.80. The van der Waals surface area contributed by atoms with Crippen molar-refractivity contribution in [1.29, 1.82) is 0 Å². The van der Waals surface area contributed by atoms with E-state index >= 15 is 0 Å². The second-order valence-electron chi connectivity index (χ2n) is 3.95. The van der Waals surface area contributed by atoms with E-state index < -0.39 is 18.7 Å². The van der Waals surface area contributed by atoms with Gasteiger partial charge in [-0.2, -0.15) is 13.2 Å². The van der Waals surface area contributed by atoms with E-state index in [4.69, 9.17) is 10.5 Å². The van der Waals surface area contributed by atoms with Crippen molar-refractivity contribution in [1.82, 2.24) is 4.98 Å². The quantitative estimate of drug-likeness (QED) is 0.912. The summed E-state index contributed by atoms with van der Waals surface area (Å²) in [5.41, 5.74) is 5.89. The SMILES string of the molecule is COc1cc(C(O)CC(F)(F)F)c2nc(N)sc2c1. The second-order valence-corrected chi connectivity index (χ2v) is 5.01. The predicted octanol–water partition coefficient (Wildman–Crippen LogP) is 2.87. The van der Waals surface area contributed by atoms with Gasteiger partial charge in [0.05, 0.1) is 29.9 Å². The molecule has 0 bridgehead atoms.